The zero-order valence-corrected chi connectivity index (χ0v) is 10.9. The van der Waals surface area contributed by atoms with Gasteiger partial charge in [0, 0.05) is 12.5 Å². The molecule has 0 aromatic heterocycles. The Labute approximate surface area is 104 Å². The molecule has 2 N–H and O–H groups in total. The Morgan fingerprint density at radius 2 is 2.24 bits per heavy atom. The van der Waals surface area contributed by atoms with E-state index in [2.05, 4.69) is 43.4 Å². The molecule has 1 heterocycles. The molecule has 1 saturated heterocycles. The summed E-state index contributed by atoms with van der Waals surface area (Å²) in [5.74, 6) is 0.323. The first kappa shape index (κ1) is 12.6. The van der Waals surface area contributed by atoms with E-state index in [0.717, 1.165) is 37.9 Å². The number of benzene rings is 1. The molecule has 94 valence electrons. The van der Waals surface area contributed by atoms with E-state index >= 15 is 0 Å². The minimum Gasteiger partial charge on any atom is -0.385 e. The first-order valence-corrected chi connectivity index (χ1v) is 6.73. The first-order chi connectivity index (χ1) is 8.20. The molecular weight excluding hydrogens is 210 g/mol. The van der Waals surface area contributed by atoms with Crippen LogP contribution in [0.2, 0.25) is 0 Å². The minimum atomic E-state index is -0.634. The Kier molecular flexibility index (Phi) is 3.85. The Bertz CT molecular complexity index is 377. The highest BCUT2D eigenvalue weighted by Crippen LogP contribution is 2.37. The standard InChI is InChI=1S/C15H23NO/c1-3-12-6-5-7-14(10-12)15(17)8-9-16-11-13(15)4-2/h5-7,10,13,16-17H,3-4,8-9,11H2,1-2H3. The summed E-state index contributed by atoms with van der Waals surface area (Å²) >= 11 is 0. The third kappa shape index (κ3) is 2.38. The van der Waals surface area contributed by atoms with Crippen molar-refractivity contribution in [1.29, 1.82) is 0 Å². The van der Waals surface area contributed by atoms with Crippen molar-refractivity contribution < 1.29 is 5.11 Å². The van der Waals surface area contributed by atoms with Crippen molar-refractivity contribution in [3.63, 3.8) is 0 Å². The van der Waals surface area contributed by atoms with Crippen molar-refractivity contribution in [3.8, 4) is 0 Å². The Morgan fingerprint density at radius 3 is 2.94 bits per heavy atom. The third-order valence-electron chi connectivity index (χ3n) is 4.08. The van der Waals surface area contributed by atoms with E-state index in [0.29, 0.717) is 5.92 Å². The number of hydrogen-bond acceptors (Lipinski definition) is 2. The molecule has 0 spiro atoms. The summed E-state index contributed by atoms with van der Waals surface area (Å²) in [5.41, 5.74) is 1.78. The fraction of sp³-hybridized carbons (Fsp3) is 0.600. The van der Waals surface area contributed by atoms with Crippen LogP contribution in [0.25, 0.3) is 0 Å². The first-order valence-electron chi connectivity index (χ1n) is 6.73. The highest BCUT2D eigenvalue weighted by molar-refractivity contribution is 5.29. The van der Waals surface area contributed by atoms with Crippen molar-refractivity contribution in [2.75, 3.05) is 13.1 Å². The van der Waals surface area contributed by atoms with Crippen molar-refractivity contribution >= 4 is 0 Å². The van der Waals surface area contributed by atoms with Gasteiger partial charge in [-0.3, -0.25) is 0 Å². The minimum absolute atomic E-state index is 0.323. The topological polar surface area (TPSA) is 32.3 Å². The lowest BCUT2D eigenvalue weighted by molar-refractivity contribution is -0.0479. The van der Waals surface area contributed by atoms with E-state index in [1.54, 1.807) is 0 Å². The number of aryl methyl sites for hydroxylation is 1. The van der Waals surface area contributed by atoms with Crippen LogP contribution in [-0.4, -0.2) is 18.2 Å². The fourth-order valence-electron chi connectivity index (χ4n) is 2.85. The van der Waals surface area contributed by atoms with E-state index < -0.39 is 5.60 Å². The summed E-state index contributed by atoms with van der Waals surface area (Å²) in [5, 5.41) is 14.4. The third-order valence-corrected chi connectivity index (χ3v) is 4.08. The Hall–Kier alpha value is -0.860. The van der Waals surface area contributed by atoms with Gasteiger partial charge in [-0.1, -0.05) is 38.1 Å². The van der Waals surface area contributed by atoms with E-state index in [-0.39, 0.29) is 0 Å². The van der Waals surface area contributed by atoms with Gasteiger partial charge in [-0.25, -0.2) is 0 Å². The van der Waals surface area contributed by atoms with Crippen LogP contribution >= 0.6 is 0 Å². The van der Waals surface area contributed by atoms with E-state index in [1.807, 2.05) is 0 Å². The Morgan fingerprint density at radius 1 is 1.41 bits per heavy atom. The largest absolute Gasteiger partial charge is 0.385 e. The molecule has 0 bridgehead atoms. The molecule has 1 aliphatic rings. The maximum Gasteiger partial charge on any atom is 0.0948 e. The molecule has 0 aliphatic carbocycles. The number of nitrogens with one attached hydrogen (secondary N) is 1. The molecule has 1 aromatic rings. The Balaban J connectivity index is 2.33. The number of aliphatic hydroxyl groups is 1. The summed E-state index contributed by atoms with van der Waals surface area (Å²) in [6.07, 6.45) is 2.86. The maximum atomic E-state index is 11.0. The van der Waals surface area contributed by atoms with Gasteiger partial charge in [0.2, 0.25) is 0 Å². The quantitative estimate of drug-likeness (QED) is 0.840. The number of hydrogen-bond donors (Lipinski definition) is 2. The zero-order valence-electron chi connectivity index (χ0n) is 10.9. The average Bonchev–Trinajstić information content (AvgIpc) is 2.39. The predicted molar refractivity (Wildman–Crippen MR) is 71.0 cm³/mol. The van der Waals surface area contributed by atoms with Crippen LogP contribution in [0, 0.1) is 5.92 Å². The van der Waals surface area contributed by atoms with Gasteiger partial charge in [-0.05, 0) is 36.9 Å². The van der Waals surface area contributed by atoms with Gasteiger partial charge >= 0.3 is 0 Å². The summed E-state index contributed by atoms with van der Waals surface area (Å²) in [6, 6.07) is 8.46. The summed E-state index contributed by atoms with van der Waals surface area (Å²) in [4.78, 5) is 0. The molecule has 0 amide bonds. The SMILES string of the molecule is CCc1cccc(C2(O)CCNCC2CC)c1. The molecule has 1 aliphatic heterocycles. The highest BCUT2D eigenvalue weighted by atomic mass is 16.3. The van der Waals surface area contributed by atoms with Gasteiger partial charge < -0.3 is 10.4 Å². The normalized spacial score (nSPS) is 29.2. The molecule has 2 rings (SSSR count). The predicted octanol–water partition coefficient (Wildman–Crippen LogP) is 2.46. The van der Waals surface area contributed by atoms with Crippen LogP contribution in [0.5, 0.6) is 0 Å². The molecule has 2 unspecified atom stereocenters. The van der Waals surface area contributed by atoms with Crippen LogP contribution in [0.1, 0.15) is 37.8 Å². The highest BCUT2D eigenvalue weighted by Gasteiger charge is 2.39. The van der Waals surface area contributed by atoms with Crippen LogP contribution < -0.4 is 5.32 Å². The molecule has 0 radical (unpaired) electrons. The maximum absolute atomic E-state index is 11.0. The molecule has 0 saturated carbocycles. The summed E-state index contributed by atoms with van der Waals surface area (Å²) in [6.45, 7) is 6.14. The van der Waals surface area contributed by atoms with Gasteiger partial charge in [-0.2, -0.15) is 0 Å². The lowest BCUT2D eigenvalue weighted by atomic mass is 9.75. The lowest BCUT2D eigenvalue weighted by Gasteiger charge is -2.40. The van der Waals surface area contributed by atoms with Crippen molar-refractivity contribution in [1.82, 2.24) is 5.32 Å². The van der Waals surface area contributed by atoms with Crippen molar-refractivity contribution in [2.45, 2.75) is 38.7 Å². The second-order valence-electron chi connectivity index (χ2n) is 5.04. The average molecular weight is 233 g/mol. The fourth-order valence-corrected chi connectivity index (χ4v) is 2.85. The van der Waals surface area contributed by atoms with Gasteiger partial charge in [0.05, 0.1) is 5.60 Å². The number of piperidine rings is 1. The molecule has 2 heteroatoms. The lowest BCUT2D eigenvalue weighted by Crippen LogP contribution is -2.47. The van der Waals surface area contributed by atoms with Gasteiger partial charge in [0.25, 0.3) is 0 Å². The van der Waals surface area contributed by atoms with Crippen LogP contribution in [0.3, 0.4) is 0 Å². The second-order valence-corrected chi connectivity index (χ2v) is 5.04. The molecular formula is C15H23NO. The zero-order chi connectivity index (χ0) is 12.3. The monoisotopic (exact) mass is 233 g/mol. The van der Waals surface area contributed by atoms with Crippen LogP contribution in [0.15, 0.2) is 24.3 Å². The molecule has 2 nitrogen and oxygen atoms in total. The van der Waals surface area contributed by atoms with E-state index in [4.69, 9.17) is 0 Å². The smallest absolute Gasteiger partial charge is 0.0948 e. The molecule has 17 heavy (non-hydrogen) atoms. The second kappa shape index (κ2) is 5.19. The van der Waals surface area contributed by atoms with Gasteiger partial charge in [0.1, 0.15) is 0 Å². The van der Waals surface area contributed by atoms with Crippen LogP contribution in [0.4, 0.5) is 0 Å². The van der Waals surface area contributed by atoms with Crippen molar-refractivity contribution in [2.24, 2.45) is 5.92 Å². The van der Waals surface area contributed by atoms with Gasteiger partial charge in [0.15, 0.2) is 0 Å². The van der Waals surface area contributed by atoms with Crippen molar-refractivity contribution in [3.05, 3.63) is 35.4 Å². The summed E-state index contributed by atoms with van der Waals surface area (Å²) < 4.78 is 0. The van der Waals surface area contributed by atoms with E-state index in [9.17, 15) is 5.11 Å². The van der Waals surface area contributed by atoms with Crippen LogP contribution in [-0.2, 0) is 12.0 Å². The molecule has 1 fully saturated rings. The summed E-state index contributed by atoms with van der Waals surface area (Å²) in [7, 11) is 0. The molecule has 1 aromatic carbocycles. The van der Waals surface area contributed by atoms with E-state index in [1.165, 1.54) is 5.56 Å². The molecule has 2 atom stereocenters. The number of rotatable bonds is 3. The van der Waals surface area contributed by atoms with Gasteiger partial charge in [-0.15, -0.1) is 0 Å².